The summed E-state index contributed by atoms with van der Waals surface area (Å²) in [5, 5.41) is 5.71. The van der Waals surface area contributed by atoms with Gasteiger partial charge < -0.3 is 20.3 Å². The highest BCUT2D eigenvalue weighted by molar-refractivity contribution is 5.90. The van der Waals surface area contributed by atoms with Crippen molar-refractivity contribution in [3.05, 3.63) is 0 Å². The highest BCUT2D eigenvalue weighted by Crippen LogP contribution is 2.30. The number of hydrogen-bond acceptors (Lipinski definition) is 4. The molecule has 2 N–H and O–H groups in total. The van der Waals surface area contributed by atoms with Gasteiger partial charge in [-0.15, -0.1) is 0 Å². The number of likely N-dealkylation sites (N-methyl/N-ethyl adjacent to an activating group) is 1. The van der Waals surface area contributed by atoms with Crippen LogP contribution in [0.15, 0.2) is 0 Å². The Morgan fingerprint density at radius 1 is 1.19 bits per heavy atom. The van der Waals surface area contributed by atoms with Gasteiger partial charge in [0.15, 0.2) is 0 Å². The van der Waals surface area contributed by atoms with E-state index in [1.165, 1.54) is 0 Å². The molecule has 1 rings (SSSR count). The number of amides is 2. The molecule has 21 heavy (non-hydrogen) atoms. The number of ether oxygens (including phenoxy) is 1. The molecule has 6 nitrogen and oxygen atoms in total. The minimum absolute atomic E-state index is 0.104. The van der Waals surface area contributed by atoms with Gasteiger partial charge in [-0.2, -0.15) is 0 Å². The predicted octanol–water partition coefficient (Wildman–Crippen LogP) is 1.50. The van der Waals surface area contributed by atoms with Crippen molar-refractivity contribution in [3.63, 3.8) is 0 Å². The third kappa shape index (κ3) is 5.91. The second-order valence-corrected chi connectivity index (χ2v) is 6.98. The van der Waals surface area contributed by atoms with Gasteiger partial charge in [0.2, 0.25) is 5.91 Å². The molecule has 0 aromatic heterocycles. The van der Waals surface area contributed by atoms with Gasteiger partial charge >= 0.3 is 6.09 Å². The van der Waals surface area contributed by atoms with Gasteiger partial charge in [0.05, 0.1) is 0 Å². The van der Waals surface area contributed by atoms with Crippen LogP contribution in [-0.4, -0.2) is 55.2 Å². The summed E-state index contributed by atoms with van der Waals surface area (Å²) in [5.41, 5.74) is -1.38. The Morgan fingerprint density at radius 3 is 2.24 bits per heavy atom. The Hall–Kier alpha value is -1.30. The van der Waals surface area contributed by atoms with Crippen molar-refractivity contribution < 1.29 is 14.3 Å². The van der Waals surface area contributed by atoms with Crippen LogP contribution in [0.5, 0.6) is 0 Å². The van der Waals surface area contributed by atoms with Crippen LogP contribution in [0.25, 0.3) is 0 Å². The van der Waals surface area contributed by atoms with Crippen LogP contribution >= 0.6 is 0 Å². The molecular weight excluding hydrogens is 270 g/mol. The van der Waals surface area contributed by atoms with Gasteiger partial charge in [0.1, 0.15) is 11.1 Å². The summed E-state index contributed by atoms with van der Waals surface area (Å²) < 4.78 is 5.28. The van der Waals surface area contributed by atoms with Crippen LogP contribution in [-0.2, 0) is 9.53 Å². The zero-order valence-corrected chi connectivity index (χ0v) is 13.9. The molecule has 0 saturated heterocycles. The average Bonchev–Trinajstić information content (AvgIpc) is 2.75. The lowest BCUT2D eigenvalue weighted by molar-refractivity contribution is -0.127. The second kappa shape index (κ2) is 7.11. The van der Waals surface area contributed by atoms with Gasteiger partial charge in [-0.1, -0.05) is 12.8 Å². The molecule has 0 bridgehead atoms. The van der Waals surface area contributed by atoms with Crippen molar-refractivity contribution in [2.24, 2.45) is 0 Å². The summed E-state index contributed by atoms with van der Waals surface area (Å²) in [5.74, 6) is -0.104. The Bertz CT molecular complexity index is 369. The van der Waals surface area contributed by atoms with Crippen molar-refractivity contribution in [1.29, 1.82) is 0 Å². The fraction of sp³-hybridized carbons (Fsp3) is 0.867. The zero-order chi connectivity index (χ0) is 16.1. The molecule has 1 saturated carbocycles. The maximum atomic E-state index is 12.4. The van der Waals surface area contributed by atoms with E-state index in [9.17, 15) is 9.59 Å². The average molecular weight is 299 g/mol. The summed E-state index contributed by atoms with van der Waals surface area (Å²) in [4.78, 5) is 26.4. The largest absolute Gasteiger partial charge is 0.444 e. The van der Waals surface area contributed by atoms with Crippen LogP contribution < -0.4 is 10.6 Å². The minimum Gasteiger partial charge on any atom is -0.444 e. The first-order valence-electron chi connectivity index (χ1n) is 7.59. The standard InChI is InChI=1S/C15H29N3O3/c1-14(2,3)21-13(20)17-15(8-6-7-9-15)12(19)16-10-11-18(4)5/h6-11H2,1-5H3,(H,16,19)(H,17,20). The van der Waals surface area contributed by atoms with E-state index in [4.69, 9.17) is 4.74 Å². The Balaban J connectivity index is 2.61. The first kappa shape index (κ1) is 17.8. The smallest absolute Gasteiger partial charge is 0.408 e. The molecular formula is C15H29N3O3. The van der Waals surface area contributed by atoms with Gasteiger partial charge in [-0.3, -0.25) is 4.79 Å². The number of carbonyl (C=O) groups is 2. The molecule has 122 valence electrons. The quantitative estimate of drug-likeness (QED) is 0.807. The monoisotopic (exact) mass is 299 g/mol. The first-order valence-corrected chi connectivity index (χ1v) is 7.59. The number of carbonyl (C=O) groups excluding carboxylic acids is 2. The van der Waals surface area contributed by atoms with E-state index in [1.807, 2.05) is 39.8 Å². The summed E-state index contributed by atoms with van der Waals surface area (Å²) in [7, 11) is 3.91. The Labute approximate surface area is 127 Å². The van der Waals surface area contributed by atoms with E-state index >= 15 is 0 Å². The number of hydrogen-bond donors (Lipinski definition) is 2. The molecule has 1 fully saturated rings. The molecule has 1 aliphatic rings. The van der Waals surface area contributed by atoms with E-state index in [0.29, 0.717) is 19.4 Å². The number of nitrogens with zero attached hydrogens (tertiary/aromatic N) is 1. The van der Waals surface area contributed by atoms with Gasteiger partial charge in [0.25, 0.3) is 0 Å². The SMILES string of the molecule is CN(C)CCNC(=O)C1(NC(=O)OC(C)(C)C)CCCC1. The molecule has 0 unspecified atom stereocenters. The lowest BCUT2D eigenvalue weighted by Gasteiger charge is -2.30. The lowest BCUT2D eigenvalue weighted by atomic mass is 9.96. The van der Waals surface area contributed by atoms with Crippen LogP contribution in [0.1, 0.15) is 46.5 Å². The summed E-state index contributed by atoms with van der Waals surface area (Å²) in [6.45, 7) is 6.78. The van der Waals surface area contributed by atoms with E-state index in [0.717, 1.165) is 19.4 Å². The zero-order valence-electron chi connectivity index (χ0n) is 13.9. The van der Waals surface area contributed by atoms with Crippen LogP contribution in [0.2, 0.25) is 0 Å². The Morgan fingerprint density at radius 2 is 1.76 bits per heavy atom. The third-order valence-electron chi connectivity index (χ3n) is 3.48. The Kier molecular flexibility index (Phi) is 6.01. The molecule has 2 amide bonds. The second-order valence-electron chi connectivity index (χ2n) is 6.98. The maximum Gasteiger partial charge on any atom is 0.408 e. The highest BCUT2D eigenvalue weighted by Gasteiger charge is 2.43. The molecule has 0 aliphatic heterocycles. The lowest BCUT2D eigenvalue weighted by Crippen LogP contribution is -2.58. The van der Waals surface area contributed by atoms with Crippen molar-refractivity contribution >= 4 is 12.0 Å². The molecule has 6 heteroatoms. The van der Waals surface area contributed by atoms with Crippen molar-refractivity contribution in [2.75, 3.05) is 27.2 Å². The van der Waals surface area contributed by atoms with E-state index in [-0.39, 0.29) is 5.91 Å². The maximum absolute atomic E-state index is 12.4. The fourth-order valence-electron chi connectivity index (χ4n) is 2.45. The normalized spacial score (nSPS) is 17.6. The number of alkyl carbamates (subject to hydrolysis) is 1. The van der Waals surface area contributed by atoms with Crippen molar-refractivity contribution in [2.45, 2.75) is 57.6 Å². The predicted molar refractivity (Wildman–Crippen MR) is 82.1 cm³/mol. The summed E-state index contributed by atoms with van der Waals surface area (Å²) in [6, 6.07) is 0. The third-order valence-corrected chi connectivity index (χ3v) is 3.48. The summed E-state index contributed by atoms with van der Waals surface area (Å²) in [6.07, 6.45) is 2.70. The molecule has 0 atom stereocenters. The van der Waals surface area contributed by atoms with Crippen molar-refractivity contribution in [3.8, 4) is 0 Å². The molecule has 0 radical (unpaired) electrons. The number of rotatable bonds is 5. The topological polar surface area (TPSA) is 70.7 Å². The highest BCUT2D eigenvalue weighted by atomic mass is 16.6. The molecule has 0 spiro atoms. The fourth-order valence-corrected chi connectivity index (χ4v) is 2.45. The van der Waals surface area contributed by atoms with Crippen LogP contribution in [0.3, 0.4) is 0 Å². The van der Waals surface area contributed by atoms with E-state index in [1.54, 1.807) is 0 Å². The summed E-state index contributed by atoms with van der Waals surface area (Å²) >= 11 is 0. The van der Waals surface area contributed by atoms with Gasteiger partial charge in [-0.25, -0.2) is 4.79 Å². The van der Waals surface area contributed by atoms with Crippen LogP contribution in [0.4, 0.5) is 4.79 Å². The minimum atomic E-state index is -0.811. The van der Waals surface area contributed by atoms with E-state index < -0.39 is 17.2 Å². The molecule has 0 heterocycles. The number of nitrogens with one attached hydrogen (secondary N) is 2. The van der Waals surface area contributed by atoms with Crippen LogP contribution in [0, 0.1) is 0 Å². The van der Waals surface area contributed by atoms with E-state index in [2.05, 4.69) is 10.6 Å². The molecule has 0 aromatic carbocycles. The van der Waals surface area contributed by atoms with Crippen molar-refractivity contribution in [1.82, 2.24) is 15.5 Å². The van der Waals surface area contributed by atoms with Gasteiger partial charge in [-0.05, 0) is 47.7 Å². The van der Waals surface area contributed by atoms with Gasteiger partial charge in [0, 0.05) is 13.1 Å². The molecule has 0 aromatic rings. The molecule has 1 aliphatic carbocycles. The first-order chi connectivity index (χ1) is 9.65.